The summed E-state index contributed by atoms with van der Waals surface area (Å²) in [6.45, 7) is 0. The van der Waals surface area contributed by atoms with E-state index in [1.807, 2.05) is 0 Å². The van der Waals surface area contributed by atoms with Gasteiger partial charge in [-0.3, -0.25) is 0 Å². The van der Waals surface area contributed by atoms with E-state index in [2.05, 4.69) is 0 Å². The van der Waals surface area contributed by atoms with E-state index < -0.39 is 0 Å². The molecular formula is HFrNO2. The number of hydrogen-bond donors (Lipinski definition) is 1. The van der Waals surface area contributed by atoms with Crippen molar-refractivity contribution >= 4 is 0 Å². The van der Waals surface area contributed by atoms with Crippen molar-refractivity contribution in [1.82, 2.24) is 0 Å². The summed E-state index contributed by atoms with van der Waals surface area (Å²) in [6, 6.07) is 0. The van der Waals surface area contributed by atoms with Gasteiger partial charge in [0.15, 0.2) is 5.34 Å². The molecule has 0 aliphatic carbocycles. The maximum Gasteiger partial charge on any atom is 0.152 e. The summed E-state index contributed by atoms with van der Waals surface area (Å²) in [4.78, 5) is 8.11. The molecular weight excluding hydrogens is 269 g/mol. The van der Waals surface area contributed by atoms with Gasteiger partial charge in [0.25, 0.3) is 0 Å². The zero-order valence-corrected chi connectivity index (χ0v) is 10.5. The molecule has 3 nitrogen and oxygen atoms in total. The van der Waals surface area contributed by atoms with E-state index in [0.717, 1.165) is 0 Å². The van der Waals surface area contributed by atoms with Crippen LogP contribution in [0.1, 0.15) is 0 Å². The molecule has 0 aliphatic heterocycles. The Kier molecular flexibility index (Phi) is 20.0. The predicted octanol–water partition coefficient (Wildman–Crippen LogP) is 0.142. The van der Waals surface area contributed by atoms with Crippen LogP contribution >= 0.6 is 0 Å². The fourth-order valence-electron chi connectivity index (χ4n) is 0. The number of nitrogens with zero attached hydrogens (tertiary/aromatic N) is 1. The minimum Gasteiger partial charge on any atom is -0.379 e. The average molecular weight is 270 g/mol. The summed E-state index contributed by atoms with van der Waals surface area (Å²) in [5, 5.41) is 7.89. The molecule has 0 aromatic rings. The van der Waals surface area contributed by atoms with E-state index in [4.69, 9.17) is 10.1 Å². The molecule has 0 spiro atoms. The zero-order chi connectivity index (χ0) is 2.71. The predicted molar refractivity (Wildman–Crippen MR) is 7.58 cm³/mol. The molecule has 0 saturated heterocycles. The first-order valence-corrected chi connectivity index (χ1v) is 0.383. The van der Waals surface area contributed by atoms with Crippen LogP contribution in [0.25, 0.3) is 0 Å². The molecule has 0 fully saturated rings. The van der Waals surface area contributed by atoms with Gasteiger partial charge < -0.3 is 5.21 Å². The fourth-order valence-corrected chi connectivity index (χ4v) is 0. The van der Waals surface area contributed by atoms with Crippen LogP contribution in [0.4, 0.5) is 0 Å². The average Bonchev–Trinajstić information content (AvgIpc) is 0.918. The molecule has 0 aromatic heterocycles. The Morgan fingerprint density at radius 3 is 1.75 bits per heavy atom. The first-order valence-electron chi connectivity index (χ1n) is 0.383. The second-order valence-corrected chi connectivity index (χ2v) is 0.0816. The van der Waals surface area contributed by atoms with E-state index in [9.17, 15) is 0 Å². The van der Waals surface area contributed by atoms with Crippen LogP contribution in [-0.4, -0.2) is 5.21 Å². The normalized spacial score (nSPS) is 3.00. The maximum absolute atomic E-state index is 8.11. The second kappa shape index (κ2) is 9.00. The van der Waals surface area contributed by atoms with Crippen LogP contribution in [0.5, 0.6) is 0 Å². The molecule has 1 N–H and O–H groups in total. The van der Waals surface area contributed by atoms with Gasteiger partial charge in [0.05, 0.1) is 0 Å². The van der Waals surface area contributed by atoms with Gasteiger partial charge in [-0.1, -0.05) is 0 Å². The number of hydrogen-bond acceptors (Lipinski definition) is 2. The molecule has 0 bridgehead atoms. The molecule has 0 aromatic carbocycles. The van der Waals surface area contributed by atoms with Crippen molar-refractivity contribution < 1.29 is 55.1 Å². The quantitative estimate of drug-likeness (QED) is 0.503. The summed E-state index contributed by atoms with van der Waals surface area (Å²) in [7, 11) is 0. The minimum atomic E-state index is 0. The Morgan fingerprint density at radius 2 is 1.75 bits per heavy atom. The Labute approximate surface area is 64.3 Å². The second-order valence-electron chi connectivity index (χ2n) is 0.0816. The zero-order valence-electron chi connectivity index (χ0n) is 2.30. The SMILES string of the molecule is O=NO.[Fr]. The van der Waals surface area contributed by atoms with E-state index in [1.165, 1.54) is 5.34 Å². The van der Waals surface area contributed by atoms with Gasteiger partial charge in [0.2, 0.25) is 0 Å². The smallest absolute Gasteiger partial charge is 0.152 e. The summed E-state index contributed by atoms with van der Waals surface area (Å²) in [6.07, 6.45) is 0. The van der Waals surface area contributed by atoms with Crippen LogP contribution in [0.3, 0.4) is 0 Å². The largest absolute Gasteiger partial charge is 0.379 e. The third-order valence-electron chi connectivity index (χ3n) is 0. The van der Waals surface area contributed by atoms with E-state index in [0.29, 0.717) is 0 Å². The Bertz CT molecular complexity index is 13.5. The topological polar surface area (TPSA) is 49.7 Å². The van der Waals surface area contributed by atoms with Crippen molar-refractivity contribution in [2.75, 3.05) is 0 Å². The summed E-state index contributed by atoms with van der Waals surface area (Å²) < 4.78 is 0. The van der Waals surface area contributed by atoms with Gasteiger partial charge in [-0.15, -0.1) is 4.91 Å². The molecule has 0 rings (SSSR count). The van der Waals surface area contributed by atoms with Gasteiger partial charge >= 0.3 is 0 Å². The molecule has 0 aliphatic rings. The summed E-state index contributed by atoms with van der Waals surface area (Å²) in [5.41, 5.74) is 0. The van der Waals surface area contributed by atoms with Crippen LogP contribution in [-0.2, 0) is 0 Å². The van der Waals surface area contributed by atoms with Gasteiger partial charge in [-0.2, -0.15) is 0 Å². The summed E-state index contributed by atoms with van der Waals surface area (Å²) >= 11 is 0. The molecule has 19 valence electrons. The Morgan fingerprint density at radius 1 is 1.75 bits per heavy atom. The van der Waals surface area contributed by atoms with Crippen LogP contribution in [0.15, 0.2) is 5.34 Å². The van der Waals surface area contributed by atoms with Gasteiger partial charge in [-0.05, 0) is 0 Å². The molecule has 0 atom stereocenters. The van der Waals surface area contributed by atoms with Gasteiger partial charge in [-0.25, -0.2) is 0 Å². The number of rotatable bonds is 0. The van der Waals surface area contributed by atoms with Gasteiger partial charge in [0, 0.05) is 49.9 Å². The van der Waals surface area contributed by atoms with Crippen LogP contribution in [0.2, 0.25) is 0 Å². The Hall–Kier alpha value is 0.997. The van der Waals surface area contributed by atoms with E-state index >= 15 is 0 Å². The third-order valence-corrected chi connectivity index (χ3v) is 0. The first kappa shape index (κ1) is 8.89. The molecule has 0 unspecified atom stereocenters. The van der Waals surface area contributed by atoms with Crippen molar-refractivity contribution in [3.8, 4) is 0 Å². The molecule has 0 saturated carbocycles. The van der Waals surface area contributed by atoms with Crippen molar-refractivity contribution in [1.29, 1.82) is 0 Å². The molecule has 0 amide bonds. The first-order chi connectivity index (χ1) is 1.41. The van der Waals surface area contributed by atoms with Crippen LogP contribution < -0.4 is 0 Å². The van der Waals surface area contributed by atoms with Crippen molar-refractivity contribution in [3.63, 3.8) is 0 Å². The van der Waals surface area contributed by atoms with E-state index in [-0.39, 0.29) is 49.9 Å². The van der Waals surface area contributed by atoms with Crippen molar-refractivity contribution in [2.24, 2.45) is 5.34 Å². The van der Waals surface area contributed by atoms with Crippen molar-refractivity contribution in [3.05, 3.63) is 4.91 Å². The molecule has 4 heavy (non-hydrogen) atoms. The standard InChI is InChI=1S/Fr.HNO2/c;2-1-3/h;(H,2,3). The summed E-state index contributed by atoms with van der Waals surface area (Å²) in [5.74, 6) is 0. The molecule has 4 heteroatoms. The van der Waals surface area contributed by atoms with E-state index in [1.54, 1.807) is 0 Å². The van der Waals surface area contributed by atoms with Crippen molar-refractivity contribution in [2.45, 2.75) is 0 Å². The van der Waals surface area contributed by atoms with Crippen LogP contribution in [0, 0.1) is 54.8 Å². The fraction of sp³-hybridized carbons (Fsp3) is 0. The van der Waals surface area contributed by atoms with Gasteiger partial charge in [0.1, 0.15) is 0 Å². The minimum absolute atomic E-state index is 0. The molecule has 0 heterocycles. The monoisotopic (exact) mass is 270 g/mol. The third kappa shape index (κ3) is 12.0. The molecule has 1 radical (unpaired) electrons. The maximum atomic E-state index is 8.11. The Balaban J connectivity index is 0.